The van der Waals surface area contributed by atoms with Crippen molar-refractivity contribution in [2.45, 2.75) is 39.3 Å². The quantitative estimate of drug-likeness (QED) is 0.326. The van der Waals surface area contributed by atoms with Crippen molar-refractivity contribution in [3.63, 3.8) is 0 Å². The molecule has 3 heteroatoms. The van der Waals surface area contributed by atoms with Gasteiger partial charge in [0.2, 0.25) is 0 Å². The molecule has 1 unspecified atom stereocenters. The molecule has 0 spiro atoms. The van der Waals surface area contributed by atoms with E-state index in [0.29, 0.717) is 0 Å². The summed E-state index contributed by atoms with van der Waals surface area (Å²) in [5.74, 6) is 0. The van der Waals surface area contributed by atoms with Crippen LogP contribution < -0.4 is 5.32 Å². The van der Waals surface area contributed by atoms with E-state index in [0.717, 1.165) is 31.4 Å². The highest BCUT2D eigenvalue weighted by Crippen LogP contribution is 2.03. The molecule has 0 radical (unpaired) electrons. The fourth-order valence-corrected chi connectivity index (χ4v) is 1.19. The van der Waals surface area contributed by atoms with Crippen LogP contribution in [0.2, 0.25) is 0 Å². The average molecular weight is 213 g/mol. The molecule has 0 aromatic rings. The molecule has 0 aliphatic carbocycles. The first kappa shape index (κ1) is 14.4. The maximum absolute atomic E-state index is 9.74. The molecule has 0 aromatic carbocycles. The van der Waals surface area contributed by atoms with Gasteiger partial charge in [-0.1, -0.05) is 25.2 Å². The molecular weight excluding hydrogens is 190 g/mol. The van der Waals surface area contributed by atoms with Gasteiger partial charge in [-0.2, -0.15) is 0 Å². The van der Waals surface area contributed by atoms with E-state index in [1.165, 1.54) is 0 Å². The molecule has 0 aliphatic heterocycles. The van der Waals surface area contributed by atoms with Crippen molar-refractivity contribution in [3.05, 3.63) is 23.8 Å². The van der Waals surface area contributed by atoms with E-state index in [1.807, 2.05) is 25.2 Å². The molecule has 0 fully saturated rings. The molecule has 0 aromatic heterocycles. The summed E-state index contributed by atoms with van der Waals surface area (Å²) in [7, 11) is 0. The predicted molar refractivity (Wildman–Crippen MR) is 63.5 cm³/mol. The van der Waals surface area contributed by atoms with Crippen LogP contribution in [-0.2, 0) is 0 Å². The third kappa shape index (κ3) is 7.31. The zero-order chi connectivity index (χ0) is 11.5. The number of hydrogen-bond acceptors (Lipinski definition) is 3. The standard InChI is InChI=1S/C12H23NO2/c1-3-5-8-11(4-2)12(15)13-9-6-7-10-14/h4-5,8,12-15H,3,6-7,9-10H2,1-2H3/b8-5-,11-4+. The number of allylic oxidation sites excluding steroid dienone is 2. The van der Waals surface area contributed by atoms with Crippen LogP contribution in [0, 0.1) is 0 Å². The first-order chi connectivity index (χ1) is 7.26. The van der Waals surface area contributed by atoms with Crippen molar-refractivity contribution < 1.29 is 10.2 Å². The van der Waals surface area contributed by atoms with Gasteiger partial charge in [0.1, 0.15) is 6.23 Å². The van der Waals surface area contributed by atoms with Crippen LogP contribution in [0.4, 0.5) is 0 Å². The Labute approximate surface area is 92.5 Å². The zero-order valence-electron chi connectivity index (χ0n) is 9.74. The highest BCUT2D eigenvalue weighted by molar-refractivity contribution is 5.21. The first-order valence-corrected chi connectivity index (χ1v) is 5.61. The van der Waals surface area contributed by atoms with Crippen LogP contribution in [0.3, 0.4) is 0 Å². The van der Waals surface area contributed by atoms with Crippen molar-refractivity contribution in [1.29, 1.82) is 0 Å². The average Bonchev–Trinajstić information content (AvgIpc) is 2.25. The summed E-state index contributed by atoms with van der Waals surface area (Å²) in [6.45, 7) is 4.90. The lowest BCUT2D eigenvalue weighted by molar-refractivity contribution is 0.173. The monoisotopic (exact) mass is 213 g/mol. The van der Waals surface area contributed by atoms with Crippen LogP contribution in [0.1, 0.15) is 33.1 Å². The number of rotatable bonds is 8. The van der Waals surface area contributed by atoms with Crippen LogP contribution in [0.15, 0.2) is 23.8 Å². The van der Waals surface area contributed by atoms with E-state index in [-0.39, 0.29) is 6.61 Å². The number of aliphatic hydroxyl groups is 2. The Balaban J connectivity index is 3.84. The summed E-state index contributed by atoms with van der Waals surface area (Å²) in [5.41, 5.74) is 0.890. The number of hydrogen-bond donors (Lipinski definition) is 3. The smallest absolute Gasteiger partial charge is 0.130 e. The zero-order valence-corrected chi connectivity index (χ0v) is 9.74. The molecule has 15 heavy (non-hydrogen) atoms. The van der Waals surface area contributed by atoms with Crippen molar-refractivity contribution in [1.82, 2.24) is 5.32 Å². The van der Waals surface area contributed by atoms with Gasteiger partial charge in [0.15, 0.2) is 0 Å². The van der Waals surface area contributed by atoms with Crippen LogP contribution in [0.25, 0.3) is 0 Å². The molecule has 1 atom stereocenters. The van der Waals surface area contributed by atoms with Gasteiger partial charge in [-0.25, -0.2) is 0 Å². The molecule has 88 valence electrons. The largest absolute Gasteiger partial charge is 0.396 e. The second-order valence-corrected chi connectivity index (χ2v) is 3.39. The predicted octanol–water partition coefficient (Wildman–Crippen LogP) is 1.58. The van der Waals surface area contributed by atoms with Crippen LogP contribution >= 0.6 is 0 Å². The highest BCUT2D eigenvalue weighted by atomic mass is 16.3. The number of nitrogens with one attached hydrogen (secondary N) is 1. The minimum absolute atomic E-state index is 0.212. The third-order valence-corrected chi connectivity index (χ3v) is 2.12. The van der Waals surface area contributed by atoms with Crippen molar-refractivity contribution >= 4 is 0 Å². The van der Waals surface area contributed by atoms with E-state index < -0.39 is 6.23 Å². The number of unbranched alkanes of at least 4 members (excludes halogenated alkanes) is 1. The Morgan fingerprint density at radius 1 is 1.40 bits per heavy atom. The molecule has 0 aliphatic rings. The summed E-state index contributed by atoms with van der Waals surface area (Å²) in [6, 6.07) is 0. The molecule has 0 saturated heterocycles. The third-order valence-electron chi connectivity index (χ3n) is 2.12. The van der Waals surface area contributed by atoms with E-state index >= 15 is 0 Å². The molecule has 3 nitrogen and oxygen atoms in total. The fourth-order valence-electron chi connectivity index (χ4n) is 1.19. The maximum atomic E-state index is 9.74. The summed E-state index contributed by atoms with van der Waals surface area (Å²) in [6.07, 6.45) is 7.87. The van der Waals surface area contributed by atoms with Gasteiger partial charge in [-0.15, -0.1) is 0 Å². The summed E-state index contributed by atoms with van der Waals surface area (Å²) in [5, 5.41) is 21.3. The van der Waals surface area contributed by atoms with Gasteiger partial charge in [-0.05, 0) is 38.3 Å². The minimum Gasteiger partial charge on any atom is -0.396 e. The SMILES string of the molecule is C/C=C(\C=C/CC)C(O)NCCCCO. The van der Waals surface area contributed by atoms with Gasteiger partial charge in [-0.3, -0.25) is 5.32 Å². The Kier molecular flexibility index (Phi) is 9.48. The topological polar surface area (TPSA) is 52.5 Å². The second kappa shape index (κ2) is 9.90. The maximum Gasteiger partial charge on any atom is 0.130 e. The molecule has 0 heterocycles. The van der Waals surface area contributed by atoms with Gasteiger partial charge in [0.05, 0.1) is 0 Å². The molecule has 0 amide bonds. The van der Waals surface area contributed by atoms with Gasteiger partial charge in [0, 0.05) is 6.61 Å². The Bertz CT molecular complexity index is 200. The number of aliphatic hydroxyl groups excluding tert-OH is 2. The lowest BCUT2D eigenvalue weighted by Gasteiger charge is -2.13. The van der Waals surface area contributed by atoms with Crippen molar-refractivity contribution in [3.8, 4) is 0 Å². The normalized spacial score (nSPS) is 14.8. The van der Waals surface area contributed by atoms with Crippen LogP contribution in [0.5, 0.6) is 0 Å². The molecule has 3 N–H and O–H groups in total. The Morgan fingerprint density at radius 3 is 2.67 bits per heavy atom. The molecule has 0 saturated carbocycles. The van der Waals surface area contributed by atoms with E-state index in [4.69, 9.17) is 5.11 Å². The molecular formula is C12H23NO2. The molecule has 0 rings (SSSR count). The first-order valence-electron chi connectivity index (χ1n) is 5.61. The van der Waals surface area contributed by atoms with Crippen molar-refractivity contribution in [2.24, 2.45) is 0 Å². The van der Waals surface area contributed by atoms with E-state index in [9.17, 15) is 5.11 Å². The summed E-state index contributed by atoms with van der Waals surface area (Å²) < 4.78 is 0. The van der Waals surface area contributed by atoms with Gasteiger partial charge >= 0.3 is 0 Å². The van der Waals surface area contributed by atoms with Gasteiger partial charge < -0.3 is 10.2 Å². The lowest BCUT2D eigenvalue weighted by atomic mass is 10.2. The van der Waals surface area contributed by atoms with Crippen LogP contribution in [-0.4, -0.2) is 29.6 Å². The summed E-state index contributed by atoms with van der Waals surface area (Å²) >= 11 is 0. The Morgan fingerprint density at radius 2 is 2.13 bits per heavy atom. The van der Waals surface area contributed by atoms with E-state index in [1.54, 1.807) is 0 Å². The fraction of sp³-hybridized carbons (Fsp3) is 0.667. The van der Waals surface area contributed by atoms with Crippen molar-refractivity contribution in [2.75, 3.05) is 13.2 Å². The lowest BCUT2D eigenvalue weighted by Crippen LogP contribution is -2.31. The van der Waals surface area contributed by atoms with E-state index in [2.05, 4.69) is 12.2 Å². The van der Waals surface area contributed by atoms with Gasteiger partial charge in [0.25, 0.3) is 0 Å². The Hall–Kier alpha value is -0.640. The highest BCUT2D eigenvalue weighted by Gasteiger charge is 2.04. The molecule has 0 bridgehead atoms. The second-order valence-electron chi connectivity index (χ2n) is 3.39. The minimum atomic E-state index is -0.600. The summed E-state index contributed by atoms with van der Waals surface area (Å²) in [4.78, 5) is 0.